The van der Waals surface area contributed by atoms with Crippen molar-refractivity contribution in [2.45, 2.75) is 33.2 Å². The second-order valence-electron chi connectivity index (χ2n) is 3.60. The van der Waals surface area contributed by atoms with E-state index in [-0.39, 0.29) is 17.5 Å². The van der Waals surface area contributed by atoms with Crippen molar-refractivity contribution in [3.8, 4) is 11.5 Å². The van der Waals surface area contributed by atoms with Crippen molar-refractivity contribution in [3.63, 3.8) is 0 Å². The molecule has 3 nitrogen and oxygen atoms in total. The van der Waals surface area contributed by atoms with Crippen LogP contribution in [0.15, 0.2) is 6.07 Å². The SMILES string of the molecule is CC[C@@H](N)c1cc(O)c(C)c(C)c1O. The van der Waals surface area contributed by atoms with Gasteiger partial charge < -0.3 is 15.9 Å². The highest BCUT2D eigenvalue weighted by Gasteiger charge is 2.15. The number of phenols is 2. The van der Waals surface area contributed by atoms with E-state index < -0.39 is 0 Å². The Hall–Kier alpha value is -1.22. The number of aromatic hydroxyl groups is 2. The minimum absolute atomic E-state index is 0.194. The van der Waals surface area contributed by atoms with E-state index in [0.717, 1.165) is 6.42 Å². The molecule has 0 unspecified atom stereocenters. The normalized spacial score (nSPS) is 12.9. The fourth-order valence-electron chi connectivity index (χ4n) is 1.41. The lowest BCUT2D eigenvalue weighted by Gasteiger charge is -2.15. The van der Waals surface area contributed by atoms with Crippen LogP contribution < -0.4 is 5.73 Å². The van der Waals surface area contributed by atoms with Gasteiger partial charge in [0.15, 0.2) is 0 Å². The molecule has 1 aromatic carbocycles. The van der Waals surface area contributed by atoms with Crippen LogP contribution in [0.2, 0.25) is 0 Å². The molecule has 0 bridgehead atoms. The van der Waals surface area contributed by atoms with E-state index in [2.05, 4.69) is 0 Å². The molecule has 1 rings (SSSR count). The molecule has 0 aliphatic carbocycles. The molecule has 0 fully saturated rings. The zero-order valence-corrected chi connectivity index (χ0v) is 8.83. The Morgan fingerprint density at radius 1 is 1.29 bits per heavy atom. The van der Waals surface area contributed by atoms with Gasteiger partial charge in [0.05, 0.1) is 0 Å². The minimum Gasteiger partial charge on any atom is -0.508 e. The number of hydrogen-bond donors (Lipinski definition) is 3. The monoisotopic (exact) mass is 195 g/mol. The topological polar surface area (TPSA) is 66.5 Å². The summed E-state index contributed by atoms with van der Waals surface area (Å²) in [7, 11) is 0. The molecule has 0 saturated heterocycles. The molecular weight excluding hydrogens is 178 g/mol. The summed E-state index contributed by atoms with van der Waals surface area (Å²) in [6.45, 7) is 5.48. The molecule has 0 saturated carbocycles. The van der Waals surface area contributed by atoms with Crippen molar-refractivity contribution in [1.29, 1.82) is 0 Å². The fourth-order valence-corrected chi connectivity index (χ4v) is 1.41. The molecule has 0 aromatic heterocycles. The van der Waals surface area contributed by atoms with Gasteiger partial charge in [0.2, 0.25) is 0 Å². The molecule has 1 atom stereocenters. The Kier molecular flexibility index (Phi) is 3.01. The van der Waals surface area contributed by atoms with Crippen LogP contribution in [0.5, 0.6) is 11.5 Å². The van der Waals surface area contributed by atoms with Crippen molar-refractivity contribution in [2.24, 2.45) is 5.73 Å². The van der Waals surface area contributed by atoms with Crippen molar-refractivity contribution >= 4 is 0 Å². The van der Waals surface area contributed by atoms with E-state index in [1.807, 2.05) is 6.92 Å². The van der Waals surface area contributed by atoms with Crippen LogP contribution in [0.25, 0.3) is 0 Å². The first-order valence-electron chi connectivity index (χ1n) is 4.76. The largest absolute Gasteiger partial charge is 0.508 e. The number of nitrogens with two attached hydrogens (primary N) is 1. The molecule has 0 heterocycles. The van der Waals surface area contributed by atoms with Crippen LogP contribution in [0.1, 0.15) is 36.1 Å². The maximum Gasteiger partial charge on any atom is 0.123 e. The lowest BCUT2D eigenvalue weighted by Crippen LogP contribution is -2.09. The van der Waals surface area contributed by atoms with Gasteiger partial charge in [-0.05, 0) is 37.5 Å². The third-order valence-corrected chi connectivity index (χ3v) is 2.71. The third-order valence-electron chi connectivity index (χ3n) is 2.71. The van der Waals surface area contributed by atoms with E-state index >= 15 is 0 Å². The Morgan fingerprint density at radius 3 is 2.36 bits per heavy atom. The Bertz CT molecular complexity index is 348. The van der Waals surface area contributed by atoms with Crippen molar-refractivity contribution in [2.75, 3.05) is 0 Å². The average molecular weight is 195 g/mol. The minimum atomic E-state index is -0.222. The maximum absolute atomic E-state index is 9.81. The highest BCUT2D eigenvalue weighted by Crippen LogP contribution is 2.35. The summed E-state index contributed by atoms with van der Waals surface area (Å²) in [5.74, 6) is 0.397. The Morgan fingerprint density at radius 2 is 1.86 bits per heavy atom. The fraction of sp³-hybridized carbons (Fsp3) is 0.455. The summed E-state index contributed by atoms with van der Waals surface area (Å²) in [5.41, 5.74) is 7.83. The van der Waals surface area contributed by atoms with Crippen LogP contribution in [0.3, 0.4) is 0 Å². The van der Waals surface area contributed by atoms with Gasteiger partial charge in [-0.25, -0.2) is 0 Å². The van der Waals surface area contributed by atoms with Gasteiger partial charge >= 0.3 is 0 Å². The number of hydrogen-bond acceptors (Lipinski definition) is 3. The molecule has 0 spiro atoms. The summed E-state index contributed by atoms with van der Waals surface area (Å²) >= 11 is 0. The Labute approximate surface area is 84.2 Å². The van der Waals surface area contributed by atoms with E-state index in [1.54, 1.807) is 19.9 Å². The molecule has 0 aliphatic rings. The zero-order chi connectivity index (χ0) is 10.9. The third kappa shape index (κ3) is 1.68. The molecule has 14 heavy (non-hydrogen) atoms. The van der Waals surface area contributed by atoms with E-state index in [9.17, 15) is 10.2 Å². The predicted molar refractivity (Wildman–Crippen MR) is 56.5 cm³/mol. The molecular formula is C11H17NO2. The second-order valence-corrected chi connectivity index (χ2v) is 3.60. The molecule has 0 radical (unpaired) electrons. The number of phenolic OH excluding ortho intramolecular Hbond substituents is 2. The van der Waals surface area contributed by atoms with Crippen LogP contribution in [0, 0.1) is 13.8 Å². The lowest BCUT2D eigenvalue weighted by atomic mass is 9.97. The van der Waals surface area contributed by atoms with Crippen LogP contribution >= 0.6 is 0 Å². The first kappa shape index (κ1) is 10.9. The molecule has 1 aromatic rings. The van der Waals surface area contributed by atoms with Crippen molar-refractivity contribution in [3.05, 3.63) is 22.8 Å². The smallest absolute Gasteiger partial charge is 0.123 e. The standard InChI is InChI=1S/C11H17NO2/c1-4-9(12)8-5-10(13)6(2)7(3)11(8)14/h5,9,13-14H,4,12H2,1-3H3/t9-/m1/s1. The average Bonchev–Trinajstić information content (AvgIpc) is 2.19. The van der Waals surface area contributed by atoms with Gasteiger partial charge in [0.25, 0.3) is 0 Å². The van der Waals surface area contributed by atoms with Crippen molar-refractivity contribution in [1.82, 2.24) is 0 Å². The molecule has 3 heteroatoms. The van der Waals surface area contributed by atoms with Crippen LogP contribution in [-0.4, -0.2) is 10.2 Å². The van der Waals surface area contributed by atoms with Gasteiger partial charge in [0, 0.05) is 11.6 Å². The van der Waals surface area contributed by atoms with Gasteiger partial charge in [-0.3, -0.25) is 0 Å². The number of rotatable bonds is 2. The summed E-state index contributed by atoms with van der Waals surface area (Å²) in [5, 5.41) is 19.4. The first-order valence-corrected chi connectivity index (χ1v) is 4.76. The highest BCUT2D eigenvalue weighted by atomic mass is 16.3. The second kappa shape index (κ2) is 3.88. The van der Waals surface area contributed by atoms with Gasteiger partial charge in [-0.1, -0.05) is 6.92 Å². The summed E-state index contributed by atoms with van der Waals surface area (Å²) < 4.78 is 0. The van der Waals surface area contributed by atoms with E-state index in [0.29, 0.717) is 16.7 Å². The van der Waals surface area contributed by atoms with Gasteiger partial charge in [-0.15, -0.1) is 0 Å². The Balaban J connectivity index is 3.33. The number of benzene rings is 1. The zero-order valence-electron chi connectivity index (χ0n) is 8.83. The van der Waals surface area contributed by atoms with Crippen molar-refractivity contribution < 1.29 is 10.2 Å². The van der Waals surface area contributed by atoms with E-state index in [4.69, 9.17) is 5.73 Å². The molecule has 0 aliphatic heterocycles. The molecule has 0 amide bonds. The predicted octanol–water partition coefficient (Wildman–Crippen LogP) is 2.12. The quantitative estimate of drug-likeness (QED) is 0.633. The van der Waals surface area contributed by atoms with Gasteiger partial charge in [-0.2, -0.15) is 0 Å². The molecule has 78 valence electrons. The first-order chi connectivity index (χ1) is 6.49. The molecule has 4 N–H and O–H groups in total. The maximum atomic E-state index is 9.81. The van der Waals surface area contributed by atoms with Crippen LogP contribution in [0.4, 0.5) is 0 Å². The van der Waals surface area contributed by atoms with Gasteiger partial charge in [0.1, 0.15) is 11.5 Å². The van der Waals surface area contributed by atoms with E-state index in [1.165, 1.54) is 0 Å². The lowest BCUT2D eigenvalue weighted by molar-refractivity contribution is 0.440. The summed E-state index contributed by atoms with van der Waals surface area (Å²) in [6.07, 6.45) is 0.732. The summed E-state index contributed by atoms with van der Waals surface area (Å²) in [4.78, 5) is 0. The summed E-state index contributed by atoms with van der Waals surface area (Å²) in [6, 6.07) is 1.33. The van der Waals surface area contributed by atoms with Crippen LogP contribution in [-0.2, 0) is 0 Å². The highest BCUT2D eigenvalue weighted by molar-refractivity contribution is 5.52.